The molecule has 0 aromatic rings. The van der Waals surface area contributed by atoms with E-state index in [-0.39, 0.29) is 5.54 Å². The molecule has 0 aromatic carbocycles. The summed E-state index contributed by atoms with van der Waals surface area (Å²) < 4.78 is 1.31. The maximum atomic E-state index is 4.73. The summed E-state index contributed by atoms with van der Waals surface area (Å²) in [5, 5.41) is 0. The highest BCUT2D eigenvalue weighted by Gasteiger charge is 2.22. The predicted octanol–water partition coefficient (Wildman–Crippen LogP) is 3.79. The largest absolute Gasteiger partial charge is 0.266 e. The molecule has 0 N–H and O–H groups in total. The van der Waals surface area contributed by atoms with Gasteiger partial charge in [-0.1, -0.05) is 36.9 Å². The fourth-order valence-corrected chi connectivity index (χ4v) is 3.94. The third kappa shape index (κ3) is 4.41. The van der Waals surface area contributed by atoms with E-state index < -0.39 is 0 Å². The monoisotopic (exact) mass is 217 g/mol. The molecule has 0 atom stereocenters. The molecule has 13 heavy (non-hydrogen) atoms. The summed E-state index contributed by atoms with van der Waals surface area (Å²) in [6.07, 6.45) is 3.81. The lowest BCUT2D eigenvalue weighted by Gasteiger charge is -2.25. The normalized spacial score (nSPS) is 21.3. The first kappa shape index (κ1) is 11.4. The fraction of sp³-hybridized carbons (Fsp3) is 0.900. The molecular formula is C10H19NS2. The predicted molar refractivity (Wildman–Crippen MR) is 66.0 cm³/mol. The van der Waals surface area contributed by atoms with E-state index in [0.717, 1.165) is 0 Å². The van der Waals surface area contributed by atoms with Crippen molar-refractivity contribution in [1.82, 2.24) is 0 Å². The molecule has 0 unspecified atom stereocenters. The second kappa shape index (κ2) is 5.30. The van der Waals surface area contributed by atoms with Gasteiger partial charge >= 0.3 is 0 Å². The van der Waals surface area contributed by atoms with Gasteiger partial charge in [-0.15, -0.1) is 0 Å². The van der Waals surface area contributed by atoms with Gasteiger partial charge in [0, 0.05) is 5.75 Å². The molecule has 1 aliphatic heterocycles. The first-order valence-corrected chi connectivity index (χ1v) is 6.96. The average Bonchev–Trinajstić information content (AvgIpc) is 2.03. The Morgan fingerprint density at radius 1 is 1.54 bits per heavy atom. The molecule has 0 saturated carbocycles. The minimum Gasteiger partial charge on any atom is -0.266 e. The first-order valence-electron chi connectivity index (χ1n) is 4.99. The summed E-state index contributed by atoms with van der Waals surface area (Å²) in [6.45, 7) is 6.69. The van der Waals surface area contributed by atoms with Crippen molar-refractivity contribution in [2.45, 2.75) is 45.6 Å². The van der Waals surface area contributed by atoms with Crippen LogP contribution < -0.4 is 0 Å². The molecule has 76 valence electrons. The molecule has 1 nitrogen and oxygen atoms in total. The summed E-state index contributed by atoms with van der Waals surface area (Å²) in [7, 11) is 0. The van der Waals surface area contributed by atoms with E-state index in [0.29, 0.717) is 0 Å². The van der Waals surface area contributed by atoms with E-state index >= 15 is 0 Å². The molecule has 3 heteroatoms. The number of rotatable bonds is 3. The molecule has 0 amide bonds. The lowest BCUT2D eigenvalue weighted by atomic mass is 10.0. The molecule has 0 spiro atoms. The topological polar surface area (TPSA) is 12.4 Å². The number of hydrogen-bond acceptors (Lipinski definition) is 3. The second-order valence-electron chi connectivity index (χ2n) is 3.99. The van der Waals surface area contributed by atoms with Crippen molar-refractivity contribution in [2.75, 3.05) is 11.5 Å². The van der Waals surface area contributed by atoms with Crippen LogP contribution in [0.3, 0.4) is 0 Å². The molecule has 0 aliphatic carbocycles. The van der Waals surface area contributed by atoms with E-state index in [1.165, 1.54) is 35.1 Å². The van der Waals surface area contributed by atoms with Gasteiger partial charge in [0.05, 0.1) is 5.54 Å². The van der Waals surface area contributed by atoms with Crippen molar-refractivity contribution in [2.24, 2.45) is 4.99 Å². The fourth-order valence-electron chi connectivity index (χ4n) is 1.10. The van der Waals surface area contributed by atoms with Gasteiger partial charge in [0.15, 0.2) is 0 Å². The van der Waals surface area contributed by atoms with Crippen LogP contribution in [0.25, 0.3) is 0 Å². The maximum absolute atomic E-state index is 4.73. The van der Waals surface area contributed by atoms with Gasteiger partial charge in [-0.2, -0.15) is 0 Å². The molecule has 0 bridgehead atoms. The molecule has 0 radical (unpaired) electrons. The van der Waals surface area contributed by atoms with Crippen LogP contribution in [0.5, 0.6) is 0 Å². The van der Waals surface area contributed by atoms with Gasteiger partial charge in [-0.25, -0.2) is 0 Å². The minimum absolute atomic E-state index is 0.194. The summed E-state index contributed by atoms with van der Waals surface area (Å²) >= 11 is 3.87. The highest BCUT2D eigenvalue weighted by atomic mass is 32.2. The van der Waals surface area contributed by atoms with Crippen molar-refractivity contribution in [3.8, 4) is 0 Å². The van der Waals surface area contributed by atoms with Gasteiger partial charge in [0.2, 0.25) is 0 Å². The lowest BCUT2D eigenvalue weighted by Crippen LogP contribution is -2.23. The van der Waals surface area contributed by atoms with Crippen molar-refractivity contribution in [3.63, 3.8) is 0 Å². The quantitative estimate of drug-likeness (QED) is 0.667. The standard InChI is InChI=1S/C10H19NS2/c1-4-5-7-12-9-11-10(2,3)6-8-13-9/h4-8H2,1-3H3. The second-order valence-corrected chi connectivity index (χ2v) is 6.42. The molecular weight excluding hydrogens is 198 g/mol. The summed E-state index contributed by atoms with van der Waals surface area (Å²) in [5.74, 6) is 2.48. The van der Waals surface area contributed by atoms with E-state index in [9.17, 15) is 0 Å². The molecule has 0 aromatic heterocycles. The smallest absolute Gasteiger partial charge is 0.125 e. The zero-order valence-corrected chi connectivity index (χ0v) is 10.4. The Morgan fingerprint density at radius 2 is 2.31 bits per heavy atom. The van der Waals surface area contributed by atoms with Gasteiger partial charge in [-0.05, 0) is 32.4 Å². The van der Waals surface area contributed by atoms with Crippen LogP contribution in [-0.4, -0.2) is 21.4 Å². The average molecular weight is 217 g/mol. The SMILES string of the molecule is CCCCSC1=NC(C)(C)CCS1. The minimum atomic E-state index is 0.194. The van der Waals surface area contributed by atoms with Gasteiger partial charge in [-0.3, -0.25) is 4.99 Å². The Morgan fingerprint density at radius 3 is 2.92 bits per heavy atom. The highest BCUT2D eigenvalue weighted by molar-refractivity contribution is 8.38. The first-order chi connectivity index (χ1) is 6.14. The Balaban J connectivity index is 2.36. The van der Waals surface area contributed by atoms with E-state index in [4.69, 9.17) is 4.99 Å². The number of unbranched alkanes of at least 4 members (excludes halogenated alkanes) is 1. The molecule has 0 fully saturated rings. The van der Waals surface area contributed by atoms with Crippen LogP contribution in [0.1, 0.15) is 40.0 Å². The highest BCUT2D eigenvalue weighted by Crippen LogP contribution is 2.31. The Hall–Kier alpha value is 0.370. The number of thioether (sulfide) groups is 2. The number of aliphatic imine (C=N–C) groups is 1. The molecule has 0 saturated heterocycles. The summed E-state index contributed by atoms with van der Waals surface area (Å²) in [5.41, 5.74) is 0.194. The van der Waals surface area contributed by atoms with Crippen molar-refractivity contribution in [1.29, 1.82) is 0 Å². The molecule has 1 aliphatic rings. The number of nitrogens with zero attached hydrogens (tertiary/aromatic N) is 1. The Bertz CT molecular complexity index is 187. The van der Waals surface area contributed by atoms with Crippen LogP contribution in [0, 0.1) is 0 Å². The molecule has 1 heterocycles. The van der Waals surface area contributed by atoms with Crippen LogP contribution >= 0.6 is 23.5 Å². The lowest BCUT2D eigenvalue weighted by molar-refractivity contribution is 0.509. The van der Waals surface area contributed by atoms with Crippen molar-refractivity contribution < 1.29 is 0 Å². The van der Waals surface area contributed by atoms with Crippen LogP contribution in [0.2, 0.25) is 0 Å². The maximum Gasteiger partial charge on any atom is 0.125 e. The van der Waals surface area contributed by atoms with E-state index in [1.807, 2.05) is 23.5 Å². The van der Waals surface area contributed by atoms with Crippen LogP contribution in [0.15, 0.2) is 4.99 Å². The Labute approximate surface area is 90.2 Å². The summed E-state index contributed by atoms with van der Waals surface area (Å²) in [4.78, 5) is 4.73. The van der Waals surface area contributed by atoms with Gasteiger partial charge in [0.1, 0.15) is 4.38 Å². The van der Waals surface area contributed by atoms with Gasteiger partial charge < -0.3 is 0 Å². The number of hydrogen-bond donors (Lipinski definition) is 0. The van der Waals surface area contributed by atoms with E-state index in [1.54, 1.807) is 0 Å². The summed E-state index contributed by atoms with van der Waals surface area (Å²) in [6, 6.07) is 0. The van der Waals surface area contributed by atoms with E-state index in [2.05, 4.69) is 20.8 Å². The van der Waals surface area contributed by atoms with Gasteiger partial charge in [0.25, 0.3) is 0 Å². The molecule has 1 rings (SSSR count). The van der Waals surface area contributed by atoms with Crippen LogP contribution in [-0.2, 0) is 0 Å². The third-order valence-corrected chi connectivity index (χ3v) is 4.34. The Kier molecular flexibility index (Phi) is 4.67. The zero-order valence-electron chi connectivity index (χ0n) is 8.80. The third-order valence-electron chi connectivity index (χ3n) is 2.06. The zero-order chi connectivity index (χ0) is 9.73. The van der Waals surface area contributed by atoms with Crippen molar-refractivity contribution >= 4 is 27.9 Å². The van der Waals surface area contributed by atoms with Crippen molar-refractivity contribution in [3.05, 3.63) is 0 Å². The van der Waals surface area contributed by atoms with Crippen LogP contribution in [0.4, 0.5) is 0 Å².